The number of rotatable bonds is 4. The largest absolute Gasteiger partial charge is 0.481 e. The Morgan fingerprint density at radius 1 is 1.53 bits per heavy atom. The van der Waals surface area contributed by atoms with Crippen molar-refractivity contribution >= 4 is 0 Å². The molecule has 0 radical (unpaired) electrons. The molecule has 8 heteroatoms. The van der Waals surface area contributed by atoms with E-state index in [0.717, 1.165) is 0 Å². The third kappa shape index (κ3) is 2.12. The number of hydrogen-bond acceptors (Lipinski definition) is 7. The third-order valence-electron chi connectivity index (χ3n) is 2.99. The van der Waals surface area contributed by atoms with Crippen LogP contribution < -0.4 is 4.74 Å². The first-order valence-electron chi connectivity index (χ1n) is 5.66. The van der Waals surface area contributed by atoms with Gasteiger partial charge in [0.2, 0.25) is 23.6 Å². The van der Waals surface area contributed by atoms with Gasteiger partial charge in [-0.2, -0.15) is 4.98 Å². The number of ether oxygens (including phenoxy) is 1. The molecule has 2 heterocycles. The van der Waals surface area contributed by atoms with Crippen LogP contribution in [0.15, 0.2) is 22.9 Å². The second kappa shape index (κ2) is 4.30. The van der Waals surface area contributed by atoms with Crippen LogP contribution in [0.5, 0.6) is 5.88 Å². The Labute approximate surface area is 107 Å². The van der Waals surface area contributed by atoms with Gasteiger partial charge in [0.1, 0.15) is 5.92 Å². The van der Waals surface area contributed by atoms with Crippen molar-refractivity contribution in [1.29, 1.82) is 0 Å². The summed E-state index contributed by atoms with van der Waals surface area (Å²) in [5, 5.41) is 14.4. The summed E-state index contributed by atoms with van der Waals surface area (Å²) in [5.74, 6) is 0.914. The highest BCUT2D eigenvalue weighted by molar-refractivity contribution is 5.53. The normalized spacial score (nSPS) is 21.1. The number of nitrogens with zero attached hydrogens (tertiary/aromatic N) is 4. The fourth-order valence-electron chi connectivity index (χ4n) is 1.82. The molecule has 0 spiro atoms. The molecule has 19 heavy (non-hydrogen) atoms. The predicted octanol–water partition coefficient (Wildman–Crippen LogP) is 1.27. The molecule has 0 aromatic carbocycles. The molecular weight excluding hydrogens is 252 g/mol. The van der Waals surface area contributed by atoms with Gasteiger partial charge >= 0.3 is 0 Å². The van der Waals surface area contributed by atoms with Crippen LogP contribution in [0.3, 0.4) is 0 Å². The van der Waals surface area contributed by atoms with Gasteiger partial charge < -0.3 is 9.26 Å². The first kappa shape index (κ1) is 11.6. The highest BCUT2D eigenvalue weighted by Gasteiger charge is 2.53. The fraction of sp³-hybridized carbons (Fsp3) is 0.364. The molecule has 1 aliphatic carbocycles. The van der Waals surface area contributed by atoms with Gasteiger partial charge in [0.25, 0.3) is 0 Å². The summed E-state index contributed by atoms with van der Waals surface area (Å²) in [6.45, 7) is 0. The van der Waals surface area contributed by atoms with E-state index in [9.17, 15) is 10.1 Å². The van der Waals surface area contributed by atoms with E-state index >= 15 is 0 Å². The molecule has 1 aliphatic rings. The van der Waals surface area contributed by atoms with Crippen LogP contribution in [0, 0.1) is 10.1 Å². The standard InChI is InChI=1S/C11H10N4O4/c1-18-9-3-2-6(5-12-9)10-13-11(19-14-10)7-4-8(7)15(16)17/h2-3,5,7-8H,4H2,1H3/t7-,8-/m0/s1. The fourth-order valence-corrected chi connectivity index (χ4v) is 1.82. The van der Waals surface area contributed by atoms with E-state index in [0.29, 0.717) is 29.6 Å². The molecule has 2 atom stereocenters. The average Bonchev–Trinajstić information content (AvgIpc) is 3.09. The molecule has 0 aliphatic heterocycles. The lowest BCUT2D eigenvalue weighted by atomic mass is 10.3. The smallest absolute Gasteiger partial charge is 0.237 e. The zero-order valence-electron chi connectivity index (χ0n) is 10.0. The zero-order chi connectivity index (χ0) is 13.4. The Hall–Kier alpha value is -2.51. The second-order valence-electron chi connectivity index (χ2n) is 4.24. The lowest BCUT2D eigenvalue weighted by Gasteiger charge is -1.97. The average molecular weight is 262 g/mol. The summed E-state index contributed by atoms with van der Waals surface area (Å²) in [6.07, 6.45) is 2.01. The second-order valence-corrected chi connectivity index (χ2v) is 4.24. The first-order chi connectivity index (χ1) is 9.19. The van der Waals surface area contributed by atoms with E-state index in [2.05, 4.69) is 15.1 Å². The molecule has 0 saturated heterocycles. The van der Waals surface area contributed by atoms with E-state index in [1.165, 1.54) is 7.11 Å². The summed E-state index contributed by atoms with van der Waals surface area (Å²) in [5.41, 5.74) is 0.675. The van der Waals surface area contributed by atoms with E-state index in [-0.39, 0.29) is 10.8 Å². The summed E-state index contributed by atoms with van der Waals surface area (Å²) in [6, 6.07) is 2.84. The van der Waals surface area contributed by atoms with Gasteiger partial charge in [-0.05, 0) is 6.07 Å². The van der Waals surface area contributed by atoms with Crippen molar-refractivity contribution in [2.75, 3.05) is 7.11 Å². The van der Waals surface area contributed by atoms with Gasteiger partial charge in [0.05, 0.1) is 7.11 Å². The monoisotopic (exact) mass is 262 g/mol. The van der Waals surface area contributed by atoms with Crippen LogP contribution in [-0.4, -0.2) is 33.2 Å². The Morgan fingerprint density at radius 2 is 2.37 bits per heavy atom. The van der Waals surface area contributed by atoms with Crippen molar-refractivity contribution in [1.82, 2.24) is 15.1 Å². The Morgan fingerprint density at radius 3 is 2.95 bits per heavy atom. The minimum Gasteiger partial charge on any atom is -0.481 e. The maximum Gasteiger partial charge on any atom is 0.237 e. The maximum atomic E-state index is 10.6. The predicted molar refractivity (Wildman–Crippen MR) is 62.2 cm³/mol. The molecule has 1 saturated carbocycles. The molecule has 98 valence electrons. The molecule has 2 aromatic rings. The number of methoxy groups -OCH3 is 1. The zero-order valence-corrected chi connectivity index (χ0v) is 10.0. The van der Waals surface area contributed by atoms with Crippen molar-refractivity contribution < 1.29 is 14.2 Å². The molecule has 8 nitrogen and oxygen atoms in total. The molecular formula is C11H10N4O4. The highest BCUT2D eigenvalue weighted by Crippen LogP contribution is 2.42. The Kier molecular flexibility index (Phi) is 2.62. The summed E-state index contributed by atoms with van der Waals surface area (Å²) >= 11 is 0. The lowest BCUT2D eigenvalue weighted by Crippen LogP contribution is -2.02. The number of nitro groups is 1. The quantitative estimate of drug-likeness (QED) is 0.603. The van der Waals surface area contributed by atoms with Crippen molar-refractivity contribution in [3.63, 3.8) is 0 Å². The highest BCUT2D eigenvalue weighted by atomic mass is 16.6. The van der Waals surface area contributed by atoms with Gasteiger partial charge in [0.15, 0.2) is 0 Å². The van der Waals surface area contributed by atoms with Gasteiger partial charge in [-0.15, -0.1) is 0 Å². The van der Waals surface area contributed by atoms with Crippen LogP contribution in [-0.2, 0) is 0 Å². The van der Waals surface area contributed by atoms with E-state index < -0.39 is 6.04 Å². The van der Waals surface area contributed by atoms with Crippen molar-refractivity contribution in [2.45, 2.75) is 18.4 Å². The Bertz CT molecular complexity index is 609. The van der Waals surface area contributed by atoms with Crippen LogP contribution in [0.25, 0.3) is 11.4 Å². The first-order valence-corrected chi connectivity index (χ1v) is 5.66. The van der Waals surface area contributed by atoms with Gasteiger partial charge in [0, 0.05) is 29.2 Å². The number of aromatic nitrogens is 3. The number of hydrogen-bond donors (Lipinski definition) is 0. The van der Waals surface area contributed by atoms with Gasteiger partial charge in [-0.25, -0.2) is 4.98 Å². The van der Waals surface area contributed by atoms with Gasteiger partial charge in [-0.1, -0.05) is 5.16 Å². The SMILES string of the molecule is COc1ccc(-c2noc([C@H]3C[C@@H]3[N+](=O)[O-])n2)cn1. The molecule has 2 aromatic heterocycles. The molecule has 3 rings (SSSR count). The Balaban J connectivity index is 1.79. The van der Waals surface area contributed by atoms with Crippen LogP contribution in [0.2, 0.25) is 0 Å². The minimum absolute atomic E-state index is 0.262. The number of pyridine rings is 1. The van der Waals surface area contributed by atoms with Crippen molar-refractivity contribution in [3.05, 3.63) is 34.3 Å². The minimum atomic E-state index is -0.595. The van der Waals surface area contributed by atoms with Crippen molar-refractivity contribution in [3.8, 4) is 17.3 Å². The van der Waals surface area contributed by atoms with Gasteiger partial charge in [-0.3, -0.25) is 10.1 Å². The summed E-state index contributed by atoms with van der Waals surface area (Å²) < 4.78 is 10.0. The van der Waals surface area contributed by atoms with E-state index in [4.69, 9.17) is 9.26 Å². The van der Waals surface area contributed by atoms with Crippen molar-refractivity contribution in [2.24, 2.45) is 0 Å². The van der Waals surface area contributed by atoms with E-state index in [1.807, 2.05) is 0 Å². The molecule has 0 unspecified atom stereocenters. The molecule has 0 amide bonds. The molecule has 0 bridgehead atoms. The maximum absolute atomic E-state index is 10.6. The van der Waals surface area contributed by atoms with Crippen LogP contribution >= 0.6 is 0 Å². The third-order valence-corrected chi connectivity index (χ3v) is 2.99. The topological polar surface area (TPSA) is 104 Å². The van der Waals surface area contributed by atoms with Crippen LogP contribution in [0.1, 0.15) is 18.2 Å². The summed E-state index contributed by atoms with van der Waals surface area (Å²) in [7, 11) is 1.53. The van der Waals surface area contributed by atoms with E-state index in [1.54, 1.807) is 18.3 Å². The van der Waals surface area contributed by atoms with Crippen LogP contribution in [0.4, 0.5) is 0 Å². The lowest BCUT2D eigenvalue weighted by molar-refractivity contribution is -0.496. The molecule has 0 N–H and O–H groups in total. The molecule has 1 fully saturated rings. The summed E-state index contributed by atoms with van der Waals surface area (Å²) in [4.78, 5) is 18.5.